The number of ether oxygens (including phenoxy) is 1. The van der Waals surface area contributed by atoms with E-state index in [1.54, 1.807) is 31.4 Å². The summed E-state index contributed by atoms with van der Waals surface area (Å²) in [5, 5.41) is 2.85. The summed E-state index contributed by atoms with van der Waals surface area (Å²) in [4.78, 5) is 12.5. The van der Waals surface area contributed by atoms with Crippen molar-refractivity contribution in [1.29, 1.82) is 0 Å². The van der Waals surface area contributed by atoms with Crippen LogP contribution in [0.4, 0.5) is 0 Å². The van der Waals surface area contributed by atoms with E-state index in [2.05, 4.69) is 5.32 Å². The summed E-state index contributed by atoms with van der Waals surface area (Å²) in [5.41, 5.74) is 2.91. The lowest BCUT2D eigenvalue weighted by Gasteiger charge is -2.18. The van der Waals surface area contributed by atoms with Gasteiger partial charge in [-0.05, 0) is 39.0 Å². The topological polar surface area (TPSA) is 72.5 Å². The average molecular weight is 375 g/mol. The maximum Gasteiger partial charge on any atom is 0.221 e. The standard InChI is InChI=1S/C20H25NO4S/c1-14-5-8-17(9-6-14)26(23,24)12-11-20(22)21-16(3)18-13-15(2)7-10-19(18)25-4/h5-10,13,16H,11-12H2,1-4H3,(H,21,22). The maximum absolute atomic E-state index is 12.3. The minimum absolute atomic E-state index is 0.0886. The summed E-state index contributed by atoms with van der Waals surface area (Å²) in [7, 11) is -1.90. The van der Waals surface area contributed by atoms with Crippen LogP contribution < -0.4 is 10.1 Å². The largest absolute Gasteiger partial charge is 0.496 e. The van der Waals surface area contributed by atoms with Crippen molar-refractivity contribution < 1.29 is 17.9 Å². The lowest BCUT2D eigenvalue weighted by atomic mass is 10.0. The van der Waals surface area contributed by atoms with Gasteiger partial charge in [0.1, 0.15) is 5.75 Å². The molecule has 5 nitrogen and oxygen atoms in total. The molecule has 1 amide bonds. The highest BCUT2D eigenvalue weighted by molar-refractivity contribution is 7.91. The number of benzene rings is 2. The zero-order valence-electron chi connectivity index (χ0n) is 15.6. The molecule has 1 unspecified atom stereocenters. The summed E-state index contributed by atoms with van der Waals surface area (Å²) in [6.45, 7) is 5.71. The van der Waals surface area contributed by atoms with Crippen LogP contribution in [0.15, 0.2) is 47.4 Å². The molecule has 1 N–H and O–H groups in total. The van der Waals surface area contributed by atoms with Crippen molar-refractivity contribution in [3.63, 3.8) is 0 Å². The third kappa shape index (κ3) is 5.08. The second-order valence-electron chi connectivity index (χ2n) is 6.42. The molecule has 0 aromatic heterocycles. The number of nitrogens with one attached hydrogen (secondary N) is 1. The van der Waals surface area contributed by atoms with Gasteiger partial charge in [-0.15, -0.1) is 0 Å². The number of methoxy groups -OCH3 is 1. The van der Waals surface area contributed by atoms with Crippen LogP contribution >= 0.6 is 0 Å². The Morgan fingerprint density at radius 2 is 1.69 bits per heavy atom. The molecule has 2 aromatic rings. The monoisotopic (exact) mass is 375 g/mol. The number of sulfone groups is 1. The molecular formula is C20H25NO4S. The van der Waals surface area contributed by atoms with Gasteiger partial charge < -0.3 is 10.1 Å². The number of hydrogen-bond donors (Lipinski definition) is 1. The van der Waals surface area contributed by atoms with Crippen molar-refractivity contribution in [2.75, 3.05) is 12.9 Å². The molecule has 26 heavy (non-hydrogen) atoms. The Hall–Kier alpha value is -2.34. The number of carbonyl (C=O) groups excluding carboxylic acids is 1. The lowest BCUT2D eigenvalue weighted by Crippen LogP contribution is -2.28. The smallest absolute Gasteiger partial charge is 0.221 e. The Labute approximate surface area is 155 Å². The first kappa shape index (κ1) is 20.0. The first-order valence-corrected chi connectivity index (χ1v) is 10.1. The van der Waals surface area contributed by atoms with Crippen LogP contribution in [0.2, 0.25) is 0 Å². The van der Waals surface area contributed by atoms with Crippen molar-refractivity contribution in [2.45, 2.75) is 38.1 Å². The highest BCUT2D eigenvalue weighted by Gasteiger charge is 2.19. The number of rotatable bonds is 7. The fourth-order valence-electron chi connectivity index (χ4n) is 2.67. The SMILES string of the molecule is COc1ccc(C)cc1C(C)NC(=O)CCS(=O)(=O)c1ccc(C)cc1. The van der Waals surface area contributed by atoms with Gasteiger partial charge >= 0.3 is 0 Å². The summed E-state index contributed by atoms with van der Waals surface area (Å²) >= 11 is 0. The second-order valence-corrected chi connectivity index (χ2v) is 8.53. The van der Waals surface area contributed by atoms with E-state index >= 15 is 0 Å². The van der Waals surface area contributed by atoms with E-state index in [9.17, 15) is 13.2 Å². The fourth-order valence-corrected chi connectivity index (χ4v) is 3.91. The van der Waals surface area contributed by atoms with Crippen molar-refractivity contribution in [3.8, 4) is 5.75 Å². The van der Waals surface area contributed by atoms with Crippen molar-refractivity contribution in [1.82, 2.24) is 5.32 Å². The summed E-state index contributed by atoms with van der Waals surface area (Å²) in [6.07, 6.45) is -0.0886. The molecule has 0 radical (unpaired) electrons. The number of carbonyl (C=O) groups is 1. The van der Waals surface area contributed by atoms with Gasteiger partial charge in [0.25, 0.3) is 0 Å². The molecule has 0 saturated carbocycles. The minimum Gasteiger partial charge on any atom is -0.496 e. The number of aryl methyl sites for hydroxylation is 2. The third-order valence-corrected chi connectivity index (χ3v) is 5.94. The van der Waals surface area contributed by atoms with Crippen LogP contribution in [0.3, 0.4) is 0 Å². The third-order valence-electron chi connectivity index (χ3n) is 4.21. The Bertz CT molecular complexity index is 873. The highest BCUT2D eigenvalue weighted by atomic mass is 32.2. The van der Waals surface area contributed by atoms with E-state index in [4.69, 9.17) is 4.74 Å². The van der Waals surface area contributed by atoms with Crippen molar-refractivity contribution in [3.05, 3.63) is 59.2 Å². The Morgan fingerprint density at radius 3 is 2.31 bits per heavy atom. The summed E-state index contributed by atoms with van der Waals surface area (Å²) < 4.78 is 30.0. The van der Waals surface area contributed by atoms with Crippen LogP contribution in [0.25, 0.3) is 0 Å². The normalized spacial score (nSPS) is 12.5. The van der Waals surface area contributed by atoms with Crippen molar-refractivity contribution in [2.24, 2.45) is 0 Å². The Kier molecular flexibility index (Phi) is 6.42. The van der Waals surface area contributed by atoms with Crippen LogP contribution in [0, 0.1) is 13.8 Å². The molecule has 0 bridgehead atoms. The van der Waals surface area contributed by atoms with E-state index in [0.717, 1.165) is 16.7 Å². The van der Waals surface area contributed by atoms with E-state index in [0.29, 0.717) is 5.75 Å². The quantitative estimate of drug-likeness (QED) is 0.805. The highest BCUT2D eigenvalue weighted by Crippen LogP contribution is 2.26. The molecule has 0 aliphatic carbocycles. The van der Waals surface area contributed by atoms with Gasteiger partial charge in [0.15, 0.2) is 9.84 Å². The van der Waals surface area contributed by atoms with Gasteiger partial charge in [-0.3, -0.25) is 4.79 Å². The van der Waals surface area contributed by atoms with Gasteiger partial charge in [0, 0.05) is 12.0 Å². The van der Waals surface area contributed by atoms with Gasteiger partial charge in [0.2, 0.25) is 5.91 Å². The Balaban J connectivity index is 2.00. The van der Waals surface area contributed by atoms with Gasteiger partial charge in [-0.1, -0.05) is 35.4 Å². The summed E-state index contributed by atoms with van der Waals surface area (Å²) in [5.74, 6) is 0.159. The number of amides is 1. The predicted octanol–water partition coefficient (Wildman–Crippen LogP) is 3.35. The van der Waals surface area contributed by atoms with Crippen LogP contribution in [0.1, 0.15) is 36.1 Å². The van der Waals surface area contributed by atoms with Crippen molar-refractivity contribution >= 4 is 15.7 Å². The second kappa shape index (κ2) is 8.36. The molecule has 1 atom stereocenters. The lowest BCUT2D eigenvalue weighted by molar-refractivity contribution is -0.121. The first-order chi connectivity index (χ1) is 12.2. The van der Waals surface area contributed by atoms with E-state index < -0.39 is 9.84 Å². The maximum atomic E-state index is 12.3. The minimum atomic E-state index is -3.48. The summed E-state index contributed by atoms with van der Waals surface area (Å²) in [6, 6.07) is 12.1. The molecule has 6 heteroatoms. The van der Waals surface area contributed by atoms with Crippen LogP contribution in [0.5, 0.6) is 5.75 Å². The van der Waals surface area contributed by atoms with E-state index in [1.807, 2.05) is 39.0 Å². The van der Waals surface area contributed by atoms with Crippen LogP contribution in [-0.4, -0.2) is 27.2 Å². The molecule has 140 valence electrons. The molecule has 0 fully saturated rings. The van der Waals surface area contributed by atoms with Crippen LogP contribution in [-0.2, 0) is 14.6 Å². The number of hydrogen-bond acceptors (Lipinski definition) is 4. The molecule has 2 rings (SSSR count). The Morgan fingerprint density at radius 1 is 1.08 bits per heavy atom. The molecule has 0 aliphatic heterocycles. The molecule has 0 heterocycles. The molecule has 0 aliphatic rings. The molecule has 0 spiro atoms. The molecular weight excluding hydrogens is 350 g/mol. The van der Waals surface area contributed by atoms with E-state index in [-0.39, 0.29) is 29.0 Å². The van der Waals surface area contributed by atoms with Gasteiger partial charge in [-0.25, -0.2) is 8.42 Å². The molecule has 2 aromatic carbocycles. The average Bonchev–Trinajstić information content (AvgIpc) is 2.60. The van der Waals surface area contributed by atoms with Gasteiger partial charge in [0.05, 0.1) is 23.8 Å². The first-order valence-electron chi connectivity index (χ1n) is 8.46. The zero-order valence-corrected chi connectivity index (χ0v) is 16.4. The predicted molar refractivity (Wildman–Crippen MR) is 102 cm³/mol. The van der Waals surface area contributed by atoms with E-state index in [1.165, 1.54) is 0 Å². The van der Waals surface area contributed by atoms with Gasteiger partial charge in [-0.2, -0.15) is 0 Å². The zero-order chi connectivity index (χ0) is 19.3. The fraction of sp³-hybridized carbons (Fsp3) is 0.350. The molecule has 0 saturated heterocycles.